The van der Waals surface area contributed by atoms with Crippen LogP contribution in [0.5, 0.6) is 0 Å². The van der Waals surface area contributed by atoms with E-state index in [9.17, 15) is 10.2 Å². The van der Waals surface area contributed by atoms with Gasteiger partial charge in [0.15, 0.2) is 0 Å². The topological polar surface area (TPSA) is 80.9 Å². The van der Waals surface area contributed by atoms with E-state index in [2.05, 4.69) is 0 Å². The molecule has 0 amide bonds. The van der Waals surface area contributed by atoms with Crippen molar-refractivity contribution in [3.63, 3.8) is 0 Å². The Kier molecular flexibility index (Phi) is 24.8. The van der Waals surface area contributed by atoms with E-state index in [0.717, 1.165) is 51.4 Å². The van der Waals surface area contributed by atoms with E-state index in [1.54, 1.807) is 0 Å². The van der Waals surface area contributed by atoms with Gasteiger partial charge < -0.3 is 20.4 Å². The van der Waals surface area contributed by atoms with Crippen LogP contribution >= 0.6 is 0 Å². The summed E-state index contributed by atoms with van der Waals surface area (Å²) in [7, 11) is 0. The van der Waals surface area contributed by atoms with Crippen LogP contribution in [0.4, 0.5) is 0 Å². The van der Waals surface area contributed by atoms with Gasteiger partial charge in [0.1, 0.15) is 0 Å². The van der Waals surface area contributed by atoms with Crippen molar-refractivity contribution in [1.82, 2.24) is 0 Å². The third kappa shape index (κ3) is 22.1. The molecule has 0 radical (unpaired) electrons. The molecule has 4 nitrogen and oxygen atoms in total. The Balaban J connectivity index is 4.71. The lowest BCUT2D eigenvalue weighted by molar-refractivity contribution is 0.166. The predicted molar refractivity (Wildman–Crippen MR) is 142 cm³/mol. The van der Waals surface area contributed by atoms with E-state index in [-0.39, 0.29) is 6.10 Å². The fourth-order valence-corrected chi connectivity index (χ4v) is 5.29. The van der Waals surface area contributed by atoms with E-state index >= 15 is 0 Å². The molecule has 0 bridgehead atoms. The summed E-state index contributed by atoms with van der Waals surface area (Å²) >= 11 is 0. The summed E-state index contributed by atoms with van der Waals surface area (Å²) in [6.07, 6.45) is 27.6. The van der Waals surface area contributed by atoms with E-state index in [1.807, 2.05) is 6.92 Å². The molecule has 2 unspecified atom stereocenters. The molecule has 0 rings (SSSR count). The van der Waals surface area contributed by atoms with Gasteiger partial charge in [-0.15, -0.1) is 0 Å². The molecule has 0 fully saturated rings. The Bertz CT molecular complexity index is 375. The molecule has 200 valence electrons. The third-order valence-electron chi connectivity index (χ3n) is 7.42. The molecule has 0 aromatic carbocycles. The Hall–Kier alpha value is -0.160. The molecule has 0 spiro atoms. The molecule has 2 atom stereocenters. The molecule has 0 saturated heterocycles. The first-order chi connectivity index (χ1) is 16.1. The quantitative estimate of drug-likeness (QED) is 0.0945. The smallest absolute Gasteiger partial charge is 0.0512 e. The van der Waals surface area contributed by atoms with Gasteiger partial charge in [0, 0.05) is 19.8 Å². The summed E-state index contributed by atoms with van der Waals surface area (Å²) in [4.78, 5) is 0. The number of hydrogen-bond acceptors (Lipinski definition) is 4. The highest BCUT2D eigenvalue weighted by atomic mass is 16.3. The van der Waals surface area contributed by atoms with Gasteiger partial charge in [-0.25, -0.2) is 0 Å². The molecule has 4 heteroatoms. The summed E-state index contributed by atoms with van der Waals surface area (Å²) < 4.78 is 0. The van der Waals surface area contributed by atoms with Crippen molar-refractivity contribution in [2.24, 2.45) is 5.41 Å². The summed E-state index contributed by atoms with van der Waals surface area (Å²) in [6.45, 7) is 2.85. The highest BCUT2D eigenvalue weighted by Crippen LogP contribution is 2.42. The predicted octanol–water partition coefficient (Wildman–Crippen LogP) is 7.30. The second-order valence-corrected chi connectivity index (χ2v) is 10.7. The maximum absolute atomic E-state index is 9.50. The zero-order valence-electron chi connectivity index (χ0n) is 22.3. The van der Waals surface area contributed by atoms with Crippen molar-refractivity contribution in [1.29, 1.82) is 0 Å². The Labute approximate surface area is 206 Å². The normalized spacial score (nSPS) is 14.5. The molecular formula is C29H60O4. The number of aliphatic hydroxyl groups excluding tert-OH is 4. The van der Waals surface area contributed by atoms with Gasteiger partial charge in [-0.3, -0.25) is 0 Å². The molecule has 0 aliphatic heterocycles. The molecule has 0 aliphatic carbocycles. The van der Waals surface area contributed by atoms with Gasteiger partial charge in [0.25, 0.3) is 0 Å². The van der Waals surface area contributed by atoms with Crippen molar-refractivity contribution >= 4 is 0 Å². The number of aliphatic hydroxyl groups is 4. The van der Waals surface area contributed by atoms with Crippen LogP contribution in [0.2, 0.25) is 0 Å². The van der Waals surface area contributed by atoms with Gasteiger partial charge in [-0.1, -0.05) is 96.3 Å². The highest BCUT2D eigenvalue weighted by molar-refractivity contribution is 4.80. The highest BCUT2D eigenvalue weighted by Gasteiger charge is 2.28. The standard InChI is InChI=1S/C29H60O4/c1-28(33)20-12-5-8-15-23-29(24-16-11-19-27-32,22-14-7-4-10-18-26-31)21-13-6-2-3-9-17-25-30/h28,30-33H,2-27H2,1H3. The van der Waals surface area contributed by atoms with Gasteiger partial charge in [-0.05, 0) is 63.7 Å². The van der Waals surface area contributed by atoms with Crippen LogP contribution in [0.1, 0.15) is 155 Å². The number of rotatable bonds is 27. The molecule has 0 aromatic rings. The van der Waals surface area contributed by atoms with Gasteiger partial charge in [0.05, 0.1) is 6.10 Å². The number of unbranched alkanes of at least 4 members (excludes halogenated alkanes) is 14. The first-order valence-electron chi connectivity index (χ1n) is 14.6. The van der Waals surface area contributed by atoms with Crippen LogP contribution in [0.15, 0.2) is 0 Å². The van der Waals surface area contributed by atoms with Crippen molar-refractivity contribution in [3.05, 3.63) is 0 Å². The van der Waals surface area contributed by atoms with E-state index in [0.29, 0.717) is 25.2 Å². The first-order valence-corrected chi connectivity index (χ1v) is 14.6. The lowest BCUT2D eigenvalue weighted by atomic mass is 9.70. The van der Waals surface area contributed by atoms with E-state index in [4.69, 9.17) is 10.2 Å². The molecule has 0 saturated carbocycles. The van der Waals surface area contributed by atoms with Crippen molar-refractivity contribution in [3.8, 4) is 0 Å². The summed E-state index contributed by atoms with van der Waals surface area (Å²) in [5.74, 6) is 0. The van der Waals surface area contributed by atoms with E-state index < -0.39 is 0 Å². The van der Waals surface area contributed by atoms with Crippen LogP contribution in [-0.2, 0) is 0 Å². The lowest BCUT2D eigenvalue weighted by Gasteiger charge is -2.35. The Morgan fingerprint density at radius 3 is 1.03 bits per heavy atom. The van der Waals surface area contributed by atoms with Crippen LogP contribution in [0, 0.1) is 5.41 Å². The Morgan fingerprint density at radius 1 is 0.424 bits per heavy atom. The number of hydrogen-bond donors (Lipinski definition) is 4. The van der Waals surface area contributed by atoms with Crippen molar-refractivity contribution in [2.45, 2.75) is 161 Å². The van der Waals surface area contributed by atoms with Crippen molar-refractivity contribution in [2.75, 3.05) is 19.8 Å². The Morgan fingerprint density at radius 2 is 0.697 bits per heavy atom. The second-order valence-electron chi connectivity index (χ2n) is 10.7. The van der Waals surface area contributed by atoms with Crippen LogP contribution in [0.3, 0.4) is 0 Å². The zero-order chi connectivity index (χ0) is 24.5. The summed E-state index contributed by atoms with van der Waals surface area (Å²) in [6, 6.07) is 0. The first kappa shape index (κ1) is 32.8. The fourth-order valence-electron chi connectivity index (χ4n) is 5.29. The minimum Gasteiger partial charge on any atom is -0.396 e. The maximum atomic E-state index is 9.50. The van der Waals surface area contributed by atoms with Gasteiger partial charge >= 0.3 is 0 Å². The third-order valence-corrected chi connectivity index (χ3v) is 7.42. The summed E-state index contributed by atoms with van der Waals surface area (Å²) in [5.41, 5.74) is 0.460. The monoisotopic (exact) mass is 472 g/mol. The average molecular weight is 473 g/mol. The second kappa shape index (κ2) is 24.9. The largest absolute Gasteiger partial charge is 0.396 e. The van der Waals surface area contributed by atoms with Crippen LogP contribution in [-0.4, -0.2) is 46.4 Å². The van der Waals surface area contributed by atoms with Crippen LogP contribution < -0.4 is 0 Å². The van der Waals surface area contributed by atoms with E-state index in [1.165, 1.54) is 96.3 Å². The molecular weight excluding hydrogens is 412 g/mol. The maximum Gasteiger partial charge on any atom is 0.0512 e. The minimum absolute atomic E-state index is 0.168. The molecule has 4 N–H and O–H groups in total. The zero-order valence-corrected chi connectivity index (χ0v) is 22.3. The molecule has 0 aliphatic rings. The lowest BCUT2D eigenvalue weighted by Crippen LogP contribution is -2.21. The van der Waals surface area contributed by atoms with Gasteiger partial charge in [-0.2, -0.15) is 0 Å². The molecule has 0 heterocycles. The SMILES string of the molecule is CC(O)CCCCCCC(CCCCCO)(CCCCCCCO)CCCCCCCCO. The summed E-state index contributed by atoms with van der Waals surface area (Å²) in [5, 5.41) is 36.7. The average Bonchev–Trinajstić information content (AvgIpc) is 2.80. The molecule has 33 heavy (non-hydrogen) atoms. The van der Waals surface area contributed by atoms with Crippen molar-refractivity contribution < 1.29 is 20.4 Å². The van der Waals surface area contributed by atoms with Gasteiger partial charge in [0.2, 0.25) is 0 Å². The fraction of sp³-hybridized carbons (Fsp3) is 1.00. The minimum atomic E-state index is -0.168. The van der Waals surface area contributed by atoms with Crippen LogP contribution in [0.25, 0.3) is 0 Å². The molecule has 0 aromatic heterocycles.